The lowest BCUT2D eigenvalue weighted by Gasteiger charge is -2.05. The zero-order chi connectivity index (χ0) is 13.2. The Hall–Kier alpha value is -2.04. The lowest BCUT2D eigenvalue weighted by Crippen LogP contribution is -2.29. The van der Waals surface area contributed by atoms with Crippen molar-refractivity contribution in [1.82, 2.24) is 4.57 Å². The zero-order valence-corrected chi connectivity index (χ0v) is 10.4. The average molecular weight is 251 g/mol. The molecule has 0 saturated carbocycles. The van der Waals surface area contributed by atoms with Crippen LogP contribution in [0.15, 0.2) is 60.8 Å². The molecule has 0 bridgehead atoms. The molecule has 2 aromatic carbocycles. The van der Waals surface area contributed by atoms with Crippen LogP contribution in [0, 0.1) is 0 Å². The highest BCUT2D eigenvalue weighted by Gasteiger charge is 2.18. The van der Waals surface area contributed by atoms with Gasteiger partial charge in [-0.25, -0.2) is 0 Å². The van der Waals surface area contributed by atoms with Crippen molar-refractivity contribution in [2.75, 3.05) is 0 Å². The van der Waals surface area contributed by atoms with Crippen molar-refractivity contribution in [2.45, 2.75) is 6.54 Å². The third kappa shape index (κ3) is 2.28. The molecule has 1 aromatic heterocycles. The van der Waals surface area contributed by atoms with Crippen LogP contribution in [0.4, 0.5) is 0 Å². The number of hydrogen-bond donors (Lipinski definition) is 2. The quantitative estimate of drug-likeness (QED) is 0.690. The summed E-state index contributed by atoms with van der Waals surface area (Å²) in [4.78, 5) is 0. The summed E-state index contributed by atoms with van der Waals surface area (Å²) in [5, 5.41) is 19.8. The smallest absolute Gasteiger partial charge is 0.423 e. The Balaban J connectivity index is 2.09. The molecule has 0 aliphatic rings. The number of nitrogens with zero attached hydrogens (tertiary/aromatic N) is 1. The lowest BCUT2D eigenvalue weighted by molar-refractivity contribution is 0.426. The highest BCUT2D eigenvalue weighted by atomic mass is 16.4. The minimum Gasteiger partial charge on any atom is -0.423 e. The molecule has 0 fully saturated rings. The van der Waals surface area contributed by atoms with Gasteiger partial charge in [0.1, 0.15) is 0 Å². The van der Waals surface area contributed by atoms with E-state index < -0.39 is 7.12 Å². The predicted molar refractivity (Wildman–Crippen MR) is 77.3 cm³/mol. The maximum absolute atomic E-state index is 9.44. The molecule has 4 heteroatoms. The molecule has 19 heavy (non-hydrogen) atoms. The van der Waals surface area contributed by atoms with Crippen molar-refractivity contribution in [1.29, 1.82) is 0 Å². The van der Waals surface area contributed by atoms with E-state index in [4.69, 9.17) is 0 Å². The van der Waals surface area contributed by atoms with Crippen LogP contribution < -0.4 is 5.46 Å². The molecule has 0 spiro atoms. The van der Waals surface area contributed by atoms with Crippen LogP contribution in [-0.4, -0.2) is 21.7 Å². The monoisotopic (exact) mass is 251 g/mol. The van der Waals surface area contributed by atoms with Gasteiger partial charge in [-0.05, 0) is 17.0 Å². The van der Waals surface area contributed by atoms with Crippen LogP contribution in [-0.2, 0) is 6.54 Å². The molecular weight excluding hydrogens is 237 g/mol. The van der Waals surface area contributed by atoms with Crippen LogP contribution >= 0.6 is 0 Å². The topological polar surface area (TPSA) is 45.4 Å². The molecule has 0 radical (unpaired) electrons. The average Bonchev–Trinajstić information content (AvgIpc) is 2.79. The van der Waals surface area contributed by atoms with E-state index in [0.717, 1.165) is 10.9 Å². The first-order chi connectivity index (χ1) is 9.25. The van der Waals surface area contributed by atoms with Crippen LogP contribution in [0.3, 0.4) is 0 Å². The Morgan fingerprint density at radius 1 is 0.895 bits per heavy atom. The summed E-state index contributed by atoms with van der Waals surface area (Å²) in [6.07, 6.45) is 1.81. The van der Waals surface area contributed by atoms with Gasteiger partial charge in [-0.3, -0.25) is 0 Å². The maximum atomic E-state index is 9.44. The molecule has 0 amide bonds. The van der Waals surface area contributed by atoms with E-state index in [1.807, 2.05) is 53.2 Å². The zero-order valence-electron chi connectivity index (χ0n) is 10.4. The van der Waals surface area contributed by atoms with Gasteiger partial charge in [-0.1, -0.05) is 48.5 Å². The molecule has 0 unspecified atom stereocenters. The van der Waals surface area contributed by atoms with E-state index in [9.17, 15) is 10.0 Å². The standard InChI is InChI=1S/C15H14BNO2/c18-16(19)14-11-17(10-12-6-2-1-3-7-12)15-9-5-4-8-13(14)15/h1-9,11,18-19H,10H2. The second-order valence-corrected chi connectivity index (χ2v) is 4.59. The molecule has 0 atom stereocenters. The molecule has 1 heterocycles. The Morgan fingerprint density at radius 2 is 1.58 bits per heavy atom. The van der Waals surface area contributed by atoms with Gasteiger partial charge >= 0.3 is 7.12 Å². The third-order valence-corrected chi connectivity index (χ3v) is 3.29. The highest BCUT2D eigenvalue weighted by molar-refractivity contribution is 6.62. The van der Waals surface area contributed by atoms with Crippen molar-refractivity contribution in [3.63, 3.8) is 0 Å². The van der Waals surface area contributed by atoms with Gasteiger partial charge in [0, 0.05) is 23.7 Å². The number of aromatic nitrogens is 1. The third-order valence-electron chi connectivity index (χ3n) is 3.29. The molecule has 3 rings (SSSR count). The maximum Gasteiger partial charge on any atom is 0.490 e. The van der Waals surface area contributed by atoms with Crippen LogP contribution in [0.2, 0.25) is 0 Å². The first-order valence-electron chi connectivity index (χ1n) is 6.23. The molecule has 3 nitrogen and oxygen atoms in total. The Labute approximate surface area is 111 Å². The van der Waals surface area contributed by atoms with Crippen LogP contribution in [0.1, 0.15) is 5.56 Å². The number of rotatable bonds is 3. The molecule has 3 aromatic rings. The van der Waals surface area contributed by atoms with Crippen LogP contribution in [0.25, 0.3) is 10.9 Å². The highest BCUT2D eigenvalue weighted by Crippen LogP contribution is 2.15. The van der Waals surface area contributed by atoms with Crippen molar-refractivity contribution in [3.05, 3.63) is 66.4 Å². The van der Waals surface area contributed by atoms with Gasteiger partial charge < -0.3 is 14.6 Å². The van der Waals surface area contributed by atoms with E-state index in [2.05, 4.69) is 12.1 Å². The lowest BCUT2D eigenvalue weighted by atomic mass is 9.80. The first kappa shape index (κ1) is 12.0. The Kier molecular flexibility index (Phi) is 3.11. The Bertz CT molecular complexity index is 692. The van der Waals surface area contributed by atoms with Crippen molar-refractivity contribution in [3.8, 4) is 0 Å². The van der Waals surface area contributed by atoms with Gasteiger partial charge in [0.05, 0.1) is 0 Å². The fraction of sp³-hybridized carbons (Fsp3) is 0.0667. The van der Waals surface area contributed by atoms with E-state index in [0.29, 0.717) is 12.0 Å². The van der Waals surface area contributed by atoms with Gasteiger partial charge in [0.15, 0.2) is 0 Å². The molecule has 94 valence electrons. The molecule has 2 N–H and O–H groups in total. The summed E-state index contributed by atoms with van der Waals surface area (Å²) in [7, 11) is -1.44. The number of fused-ring (bicyclic) bond motifs is 1. The summed E-state index contributed by atoms with van der Waals surface area (Å²) < 4.78 is 2.04. The first-order valence-corrected chi connectivity index (χ1v) is 6.23. The van der Waals surface area contributed by atoms with E-state index >= 15 is 0 Å². The fourth-order valence-electron chi connectivity index (χ4n) is 2.39. The van der Waals surface area contributed by atoms with E-state index in [1.54, 1.807) is 0 Å². The number of hydrogen-bond acceptors (Lipinski definition) is 2. The fourth-order valence-corrected chi connectivity index (χ4v) is 2.39. The summed E-state index contributed by atoms with van der Waals surface area (Å²) in [5.41, 5.74) is 2.74. The largest absolute Gasteiger partial charge is 0.490 e. The number of para-hydroxylation sites is 1. The predicted octanol–water partition coefficient (Wildman–Crippen LogP) is 1.37. The number of benzene rings is 2. The second-order valence-electron chi connectivity index (χ2n) is 4.59. The summed E-state index contributed by atoms with van der Waals surface area (Å²) in [6.45, 7) is 0.716. The Morgan fingerprint density at radius 3 is 2.32 bits per heavy atom. The van der Waals surface area contributed by atoms with Gasteiger partial charge in [-0.15, -0.1) is 0 Å². The minimum absolute atomic E-state index is 0.548. The van der Waals surface area contributed by atoms with E-state index in [1.165, 1.54) is 5.56 Å². The van der Waals surface area contributed by atoms with Crippen molar-refractivity contribution < 1.29 is 10.0 Å². The molecule has 0 aliphatic heterocycles. The normalized spacial score (nSPS) is 10.8. The van der Waals surface area contributed by atoms with Crippen molar-refractivity contribution in [2.24, 2.45) is 0 Å². The SMILES string of the molecule is OB(O)c1cn(Cc2ccccc2)c2ccccc12. The summed E-state index contributed by atoms with van der Waals surface area (Å²) >= 11 is 0. The molecular formula is C15H14BNO2. The van der Waals surface area contributed by atoms with Crippen molar-refractivity contribution >= 4 is 23.5 Å². The summed E-state index contributed by atoms with van der Waals surface area (Å²) in [6, 6.07) is 17.9. The van der Waals surface area contributed by atoms with Gasteiger partial charge in [0.2, 0.25) is 0 Å². The van der Waals surface area contributed by atoms with E-state index in [-0.39, 0.29) is 0 Å². The minimum atomic E-state index is -1.44. The summed E-state index contributed by atoms with van der Waals surface area (Å²) in [5.74, 6) is 0. The van der Waals surface area contributed by atoms with Crippen LogP contribution in [0.5, 0.6) is 0 Å². The van der Waals surface area contributed by atoms with Gasteiger partial charge in [0.25, 0.3) is 0 Å². The molecule has 0 saturated heterocycles. The molecule has 0 aliphatic carbocycles. The van der Waals surface area contributed by atoms with Gasteiger partial charge in [-0.2, -0.15) is 0 Å². The second kappa shape index (κ2) is 4.92.